The third-order valence-corrected chi connectivity index (χ3v) is 6.21. The first-order chi connectivity index (χ1) is 9.97. The number of ether oxygens (including phenoxy) is 1. The van der Waals surface area contributed by atoms with Gasteiger partial charge in [0.1, 0.15) is 5.75 Å². The maximum absolute atomic E-state index is 11.8. The van der Waals surface area contributed by atoms with E-state index in [9.17, 15) is 8.42 Å². The average molecular weight is 373 g/mol. The van der Waals surface area contributed by atoms with Crippen molar-refractivity contribution in [2.24, 2.45) is 11.8 Å². The summed E-state index contributed by atoms with van der Waals surface area (Å²) >= 11 is 3.40. The van der Waals surface area contributed by atoms with E-state index in [0.717, 1.165) is 12.3 Å². The molecule has 0 saturated heterocycles. The molecule has 116 valence electrons. The van der Waals surface area contributed by atoms with Gasteiger partial charge < -0.3 is 4.74 Å². The Morgan fingerprint density at radius 3 is 2.71 bits per heavy atom. The molecule has 3 nitrogen and oxygen atoms in total. The van der Waals surface area contributed by atoms with Crippen LogP contribution in [0.25, 0.3) is 0 Å². The molecule has 1 fully saturated rings. The SMILES string of the molecule is C=CCC(COc1ccc(S(=O)(=O)CC)cc1Br)C1CC1. The molecule has 21 heavy (non-hydrogen) atoms. The van der Waals surface area contributed by atoms with Gasteiger partial charge in [-0.05, 0) is 65.2 Å². The van der Waals surface area contributed by atoms with Gasteiger partial charge in [-0.25, -0.2) is 8.42 Å². The van der Waals surface area contributed by atoms with Gasteiger partial charge in [0.05, 0.1) is 21.7 Å². The largest absolute Gasteiger partial charge is 0.492 e. The van der Waals surface area contributed by atoms with E-state index in [2.05, 4.69) is 22.5 Å². The summed E-state index contributed by atoms with van der Waals surface area (Å²) in [5.74, 6) is 2.05. The summed E-state index contributed by atoms with van der Waals surface area (Å²) in [5, 5.41) is 0. The van der Waals surface area contributed by atoms with Crippen LogP contribution in [0.3, 0.4) is 0 Å². The van der Waals surface area contributed by atoms with Crippen molar-refractivity contribution >= 4 is 25.8 Å². The fourth-order valence-corrected chi connectivity index (χ4v) is 3.88. The second-order valence-electron chi connectivity index (χ2n) is 5.43. The number of allylic oxidation sites excluding steroid dienone is 1. The van der Waals surface area contributed by atoms with Crippen LogP contribution >= 0.6 is 15.9 Å². The van der Waals surface area contributed by atoms with E-state index in [0.29, 0.717) is 27.6 Å². The first kappa shape index (κ1) is 16.6. The summed E-state index contributed by atoms with van der Waals surface area (Å²) < 4.78 is 30.2. The van der Waals surface area contributed by atoms with Crippen LogP contribution in [0.4, 0.5) is 0 Å². The Kier molecular flexibility index (Phi) is 5.49. The molecule has 0 aliphatic heterocycles. The van der Waals surface area contributed by atoms with Crippen molar-refractivity contribution in [3.8, 4) is 5.75 Å². The van der Waals surface area contributed by atoms with Crippen LogP contribution < -0.4 is 4.74 Å². The molecule has 0 amide bonds. The average Bonchev–Trinajstić information content (AvgIpc) is 3.29. The molecule has 5 heteroatoms. The van der Waals surface area contributed by atoms with Crippen LogP contribution in [0, 0.1) is 11.8 Å². The third-order valence-electron chi connectivity index (χ3n) is 3.85. The standard InChI is InChI=1S/C16H21BrO3S/c1-3-5-13(12-6-7-12)11-20-16-9-8-14(10-15(16)17)21(18,19)4-2/h3,8-10,12-13H,1,4-7,11H2,2H3. The minimum Gasteiger partial charge on any atom is -0.492 e. The van der Waals surface area contributed by atoms with Gasteiger partial charge in [-0.15, -0.1) is 6.58 Å². The van der Waals surface area contributed by atoms with E-state index in [4.69, 9.17) is 4.74 Å². The van der Waals surface area contributed by atoms with Crippen molar-refractivity contribution in [2.75, 3.05) is 12.4 Å². The Hall–Kier alpha value is -0.810. The summed E-state index contributed by atoms with van der Waals surface area (Å²) in [4.78, 5) is 0.328. The van der Waals surface area contributed by atoms with E-state index in [1.54, 1.807) is 25.1 Å². The van der Waals surface area contributed by atoms with Crippen LogP contribution in [-0.4, -0.2) is 20.8 Å². The highest BCUT2D eigenvalue weighted by Gasteiger charge is 2.30. The Bertz CT molecular complexity index is 606. The molecule has 0 heterocycles. The molecular formula is C16H21BrO3S. The van der Waals surface area contributed by atoms with Crippen LogP contribution in [0.2, 0.25) is 0 Å². The normalized spacial score (nSPS) is 16.5. The summed E-state index contributed by atoms with van der Waals surface area (Å²) in [5.41, 5.74) is 0. The minimum atomic E-state index is -3.18. The summed E-state index contributed by atoms with van der Waals surface area (Å²) in [6.07, 6.45) is 5.45. The molecular weight excluding hydrogens is 352 g/mol. The molecule has 1 saturated carbocycles. The number of hydrogen-bond acceptors (Lipinski definition) is 3. The molecule has 0 spiro atoms. The Labute approximate surface area is 135 Å². The molecule has 1 aromatic carbocycles. The molecule has 0 aromatic heterocycles. The topological polar surface area (TPSA) is 43.4 Å². The number of sulfone groups is 1. The minimum absolute atomic E-state index is 0.0999. The van der Waals surface area contributed by atoms with Crippen LogP contribution in [0.5, 0.6) is 5.75 Å². The van der Waals surface area contributed by atoms with Gasteiger partial charge in [-0.3, -0.25) is 0 Å². The molecule has 1 aliphatic carbocycles. The zero-order chi connectivity index (χ0) is 15.5. The molecule has 1 aliphatic rings. The van der Waals surface area contributed by atoms with Gasteiger partial charge in [-0.1, -0.05) is 13.0 Å². The number of halogens is 1. The van der Waals surface area contributed by atoms with E-state index in [1.165, 1.54) is 12.8 Å². The highest BCUT2D eigenvalue weighted by molar-refractivity contribution is 9.10. The van der Waals surface area contributed by atoms with Gasteiger partial charge in [0.25, 0.3) is 0 Å². The van der Waals surface area contributed by atoms with Gasteiger partial charge in [-0.2, -0.15) is 0 Å². The predicted octanol–water partition coefficient (Wildman–Crippen LogP) is 4.22. The highest BCUT2D eigenvalue weighted by Crippen LogP contribution is 2.39. The second-order valence-corrected chi connectivity index (χ2v) is 8.56. The second kappa shape index (κ2) is 6.97. The fourth-order valence-electron chi connectivity index (χ4n) is 2.33. The molecule has 2 rings (SSSR count). The van der Waals surface area contributed by atoms with Crippen LogP contribution in [-0.2, 0) is 9.84 Å². The lowest BCUT2D eigenvalue weighted by molar-refractivity contribution is 0.231. The Morgan fingerprint density at radius 2 is 2.19 bits per heavy atom. The smallest absolute Gasteiger partial charge is 0.178 e. The van der Waals surface area contributed by atoms with Crippen molar-refractivity contribution in [3.63, 3.8) is 0 Å². The lowest BCUT2D eigenvalue weighted by Crippen LogP contribution is -2.14. The third kappa shape index (κ3) is 4.33. The van der Waals surface area contributed by atoms with Gasteiger partial charge >= 0.3 is 0 Å². The van der Waals surface area contributed by atoms with Crippen molar-refractivity contribution in [3.05, 3.63) is 35.3 Å². The van der Waals surface area contributed by atoms with Gasteiger partial charge in [0, 0.05) is 0 Å². The zero-order valence-electron chi connectivity index (χ0n) is 12.2. The summed E-state index contributed by atoms with van der Waals surface area (Å²) in [6.45, 7) is 6.09. The van der Waals surface area contributed by atoms with Crippen molar-refractivity contribution in [2.45, 2.75) is 31.1 Å². The number of benzene rings is 1. The van der Waals surface area contributed by atoms with E-state index in [-0.39, 0.29) is 5.75 Å². The monoisotopic (exact) mass is 372 g/mol. The first-order valence-electron chi connectivity index (χ1n) is 7.24. The summed E-state index contributed by atoms with van der Waals surface area (Å²) in [7, 11) is -3.18. The molecule has 0 radical (unpaired) electrons. The zero-order valence-corrected chi connectivity index (χ0v) is 14.6. The first-order valence-corrected chi connectivity index (χ1v) is 9.68. The Morgan fingerprint density at radius 1 is 1.48 bits per heavy atom. The molecule has 0 N–H and O–H groups in total. The maximum atomic E-state index is 11.8. The highest BCUT2D eigenvalue weighted by atomic mass is 79.9. The van der Waals surface area contributed by atoms with Crippen molar-refractivity contribution in [1.82, 2.24) is 0 Å². The van der Waals surface area contributed by atoms with Crippen LogP contribution in [0.15, 0.2) is 40.2 Å². The van der Waals surface area contributed by atoms with E-state index < -0.39 is 9.84 Å². The van der Waals surface area contributed by atoms with E-state index in [1.807, 2.05) is 6.08 Å². The quantitative estimate of drug-likeness (QED) is 0.641. The maximum Gasteiger partial charge on any atom is 0.178 e. The predicted molar refractivity (Wildman–Crippen MR) is 88.4 cm³/mol. The van der Waals surface area contributed by atoms with Crippen molar-refractivity contribution < 1.29 is 13.2 Å². The Balaban J connectivity index is 2.05. The van der Waals surface area contributed by atoms with Crippen LogP contribution in [0.1, 0.15) is 26.2 Å². The molecule has 0 bridgehead atoms. The van der Waals surface area contributed by atoms with Gasteiger partial charge in [0.2, 0.25) is 0 Å². The lowest BCUT2D eigenvalue weighted by Gasteiger charge is -2.16. The lowest BCUT2D eigenvalue weighted by atomic mass is 10.0. The van der Waals surface area contributed by atoms with E-state index >= 15 is 0 Å². The number of rotatable bonds is 8. The van der Waals surface area contributed by atoms with Crippen molar-refractivity contribution in [1.29, 1.82) is 0 Å². The fraction of sp³-hybridized carbons (Fsp3) is 0.500. The molecule has 1 unspecified atom stereocenters. The summed E-state index contributed by atoms with van der Waals surface area (Å²) in [6, 6.07) is 4.96. The molecule has 1 atom stereocenters. The number of hydrogen-bond donors (Lipinski definition) is 0. The van der Waals surface area contributed by atoms with Gasteiger partial charge in [0.15, 0.2) is 9.84 Å². The molecule has 1 aromatic rings.